The fraction of sp³-hybridized carbons (Fsp3) is 1.00. The fourth-order valence-electron chi connectivity index (χ4n) is 0.134. The molecule has 0 aliphatic carbocycles. The van der Waals surface area contributed by atoms with Crippen molar-refractivity contribution in [2.75, 3.05) is 27.2 Å². The van der Waals surface area contributed by atoms with Gasteiger partial charge in [0, 0.05) is 0 Å². The number of hydrogen-bond acceptors (Lipinski definition) is 5. The maximum absolute atomic E-state index is 8.74. The predicted octanol–water partition coefficient (Wildman–Crippen LogP) is -2.37. The van der Waals surface area contributed by atoms with E-state index in [2.05, 4.69) is 0 Å². The third-order valence-corrected chi connectivity index (χ3v) is 1.02. The summed E-state index contributed by atoms with van der Waals surface area (Å²) < 4.78 is 31.5. The molecule has 0 aromatic heterocycles. The first-order valence-electron chi connectivity index (χ1n) is 3.04. The zero-order valence-corrected chi connectivity index (χ0v) is 7.85. The molecule has 0 unspecified atom stereocenters. The van der Waals surface area contributed by atoms with Gasteiger partial charge in [-0.3, -0.25) is 13.6 Å². The van der Waals surface area contributed by atoms with Crippen LogP contribution in [0.1, 0.15) is 0 Å². The van der Waals surface area contributed by atoms with Gasteiger partial charge in [-0.05, 0) is 0 Å². The van der Waals surface area contributed by atoms with E-state index in [9.17, 15) is 0 Å². The smallest absolute Gasteiger partial charge is 0.347 e. The van der Waals surface area contributed by atoms with Gasteiger partial charge in [-0.2, -0.15) is 8.42 Å². The van der Waals surface area contributed by atoms with Crippen LogP contribution in [0.5, 0.6) is 0 Å². The van der Waals surface area contributed by atoms with Crippen LogP contribution >= 0.6 is 0 Å². The number of nitrogens with zero attached hydrogens (tertiary/aromatic N) is 1. The number of aliphatic hydroxyl groups excluding tert-OH is 3. The molecular formula is C4H14NO7S+. The number of quaternary nitrogens is 1. The summed E-state index contributed by atoms with van der Waals surface area (Å²) in [5.41, 5.74) is 0. The molecule has 0 fully saturated rings. The zero-order valence-electron chi connectivity index (χ0n) is 7.03. The van der Waals surface area contributed by atoms with Crippen LogP contribution in [0.15, 0.2) is 0 Å². The molecule has 0 aromatic rings. The van der Waals surface area contributed by atoms with Crippen molar-refractivity contribution in [1.82, 2.24) is 0 Å². The van der Waals surface area contributed by atoms with Gasteiger partial charge < -0.3 is 15.3 Å². The van der Waals surface area contributed by atoms with E-state index in [4.69, 9.17) is 32.8 Å². The largest absolute Gasteiger partial charge is 0.394 e. The predicted molar refractivity (Wildman–Crippen MR) is 41.6 cm³/mol. The second-order valence-corrected chi connectivity index (χ2v) is 3.39. The Balaban J connectivity index is 0. The van der Waals surface area contributed by atoms with Crippen molar-refractivity contribution in [1.29, 1.82) is 0 Å². The highest BCUT2D eigenvalue weighted by atomic mass is 32.3. The lowest BCUT2D eigenvalue weighted by Crippen LogP contribution is -2.46. The molecule has 0 rings (SSSR count). The van der Waals surface area contributed by atoms with Crippen LogP contribution in [0.2, 0.25) is 0 Å². The van der Waals surface area contributed by atoms with Gasteiger partial charge >= 0.3 is 10.4 Å². The summed E-state index contributed by atoms with van der Waals surface area (Å²) >= 11 is 0. The quantitative estimate of drug-likeness (QED) is 0.204. The van der Waals surface area contributed by atoms with Crippen molar-refractivity contribution in [2.24, 2.45) is 0 Å². The van der Waals surface area contributed by atoms with Gasteiger partial charge in [-0.1, -0.05) is 0 Å². The van der Waals surface area contributed by atoms with Crippen molar-refractivity contribution < 1.29 is 37.3 Å². The van der Waals surface area contributed by atoms with Gasteiger partial charge in [0.25, 0.3) is 0 Å². The Morgan fingerprint density at radius 1 is 1.00 bits per heavy atom. The van der Waals surface area contributed by atoms with E-state index in [0.29, 0.717) is 0 Å². The van der Waals surface area contributed by atoms with Gasteiger partial charge in [0.05, 0.1) is 7.05 Å². The minimum absolute atomic E-state index is 0.125. The number of rotatable bonds is 3. The van der Waals surface area contributed by atoms with Gasteiger partial charge in [0.1, 0.15) is 0 Å². The van der Waals surface area contributed by atoms with Gasteiger partial charge in [-0.25, -0.2) is 0 Å². The van der Waals surface area contributed by atoms with Crippen molar-refractivity contribution >= 4 is 10.4 Å². The lowest BCUT2D eigenvalue weighted by Gasteiger charge is -2.25. The highest BCUT2D eigenvalue weighted by Gasteiger charge is 2.15. The van der Waals surface area contributed by atoms with Gasteiger partial charge in [0.2, 0.25) is 0 Å². The average Bonchev–Trinajstić information content (AvgIpc) is 2.00. The monoisotopic (exact) mass is 220 g/mol. The minimum atomic E-state index is -4.67. The molecule has 0 heterocycles. The summed E-state index contributed by atoms with van der Waals surface area (Å²) in [5.74, 6) is 0. The van der Waals surface area contributed by atoms with E-state index < -0.39 is 10.4 Å². The molecule has 0 amide bonds. The van der Waals surface area contributed by atoms with E-state index in [1.165, 1.54) is 0 Å². The van der Waals surface area contributed by atoms with Crippen molar-refractivity contribution in [3.8, 4) is 0 Å². The fourth-order valence-corrected chi connectivity index (χ4v) is 0.134. The van der Waals surface area contributed by atoms with Crippen LogP contribution in [-0.2, 0) is 10.4 Å². The molecule has 9 heteroatoms. The summed E-state index contributed by atoms with van der Waals surface area (Å²) in [6, 6.07) is 0. The molecule has 13 heavy (non-hydrogen) atoms. The minimum Gasteiger partial charge on any atom is -0.347 e. The SMILES string of the molecule is C[N+](CO)(CO)CO.O=S(=O)(O)O. The molecule has 0 spiro atoms. The normalized spacial score (nSPS) is 11.8. The second-order valence-electron chi connectivity index (χ2n) is 2.49. The van der Waals surface area contributed by atoms with Gasteiger partial charge in [-0.15, -0.1) is 0 Å². The van der Waals surface area contributed by atoms with Crippen molar-refractivity contribution in [3.05, 3.63) is 0 Å². The van der Waals surface area contributed by atoms with Crippen LogP contribution in [0.3, 0.4) is 0 Å². The second kappa shape index (κ2) is 6.21. The summed E-state index contributed by atoms with van der Waals surface area (Å²) in [4.78, 5) is 0. The molecule has 0 aliphatic rings. The van der Waals surface area contributed by atoms with Crippen LogP contribution in [-0.4, -0.2) is 64.6 Å². The third kappa shape index (κ3) is 14.6. The summed E-state index contributed by atoms with van der Waals surface area (Å²) in [6.07, 6.45) is 0. The molecule has 0 saturated heterocycles. The number of hydrogen-bond donors (Lipinski definition) is 5. The van der Waals surface area contributed by atoms with Gasteiger partial charge in [0.15, 0.2) is 20.2 Å². The molecule has 0 aliphatic heterocycles. The summed E-state index contributed by atoms with van der Waals surface area (Å²) in [7, 11) is -3.12. The Hall–Kier alpha value is -0.290. The van der Waals surface area contributed by atoms with E-state index in [-0.39, 0.29) is 24.7 Å². The first-order valence-corrected chi connectivity index (χ1v) is 4.44. The third-order valence-electron chi connectivity index (χ3n) is 1.02. The Kier molecular flexibility index (Phi) is 7.26. The molecule has 82 valence electrons. The number of aliphatic hydroxyl groups is 3. The summed E-state index contributed by atoms with van der Waals surface area (Å²) in [5, 5.41) is 25.3. The highest BCUT2D eigenvalue weighted by molar-refractivity contribution is 7.79. The van der Waals surface area contributed by atoms with Crippen LogP contribution in [0, 0.1) is 0 Å². The first kappa shape index (κ1) is 15.2. The van der Waals surface area contributed by atoms with Crippen molar-refractivity contribution in [2.45, 2.75) is 0 Å². The topological polar surface area (TPSA) is 135 Å². The zero-order chi connectivity index (χ0) is 11.1. The lowest BCUT2D eigenvalue weighted by atomic mass is 10.7. The standard InChI is InChI=1S/C4H12NO3.H2O4S/c1-5(2-6,3-7)4-8;1-5(2,3)4/h6-8H,2-4H2,1H3;(H2,1,2,3,4)/q+1;. The maximum atomic E-state index is 8.74. The van der Waals surface area contributed by atoms with Crippen LogP contribution < -0.4 is 0 Å². The Labute approximate surface area is 75.8 Å². The molecule has 0 atom stereocenters. The molecule has 0 radical (unpaired) electrons. The highest BCUT2D eigenvalue weighted by Crippen LogP contribution is 1.93. The summed E-state index contributed by atoms with van der Waals surface area (Å²) in [6.45, 7) is -0.729. The molecule has 8 nitrogen and oxygen atoms in total. The maximum Gasteiger partial charge on any atom is 0.394 e. The average molecular weight is 220 g/mol. The van der Waals surface area contributed by atoms with Crippen LogP contribution in [0.4, 0.5) is 0 Å². The van der Waals surface area contributed by atoms with E-state index in [1.807, 2.05) is 0 Å². The van der Waals surface area contributed by atoms with E-state index in [0.717, 1.165) is 0 Å². The van der Waals surface area contributed by atoms with E-state index >= 15 is 0 Å². The van der Waals surface area contributed by atoms with Crippen LogP contribution in [0.25, 0.3) is 0 Å². The Bertz CT molecular complexity index is 192. The molecule has 0 saturated carbocycles. The van der Waals surface area contributed by atoms with E-state index in [1.54, 1.807) is 7.05 Å². The molecular weight excluding hydrogens is 206 g/mol. The Morgan fingerprint density at radius 3 is 1.15 bits per heavy atom. The molecule has 0 aromatic carbocycles. The molecule has 5 N–H and O–H groups in total. The van der Waals surface area contributed by atoms with Crippen molar-refractivity contribution in [3.63, 3.8) is 0 Å². The Morgan fingerprint density at radius 2 is 1.15 bits per heavy atom. The lowest BCUT2D eigenvalue weighted by molar-refractivity contribution is -0.959. The molecule has 0 bridgehead atoms. The first-order chi connectivity index (χ1) is 5.68.